The van der Waals surface area contributed by atoms with E-state index in [-0.39, 0.29) is 36.0 Å². The second-order valence-electron chi connectivity index (χ2n) is 6.74. The van der Waals surface area contributed by atoms with Gasteiger partial charge in [0, 0.05) is 18.7 Å². The Balaban J connectivity index is 1.74. The van der Waals surface area contributed by atoms with Gasteiger partial charge in [0.2, 0.25) is 10.0 Å². The van der Waals surface area contributed by atoms with Crippen molar-refractivity contribution in [2.45, 2.75) is 4.90 Å². The fourth-order valence-corrected chi connectivity index (χ4v) is 4.52. The lowest BCUT2D eigenvalue weighted by atomic mass is 10.2. The molecule has 1 N–H and O–H groups in total. The Morgan fingerprint density at radius 3 is 2.41 bits per heavy atom. The molecular weight excluding hydrogens is 440 g/mol. The highest BCUT2D eigenvalue weighted by Gasteiger charge is 2.27. The van der Waals surface area contributed by atoms with Gasteiger partial charge in [0.25, 0.3) is 5.91 Å². The van der Waals surface area contributed by atoms with Gasteiger partial charge in [0.1, 0.15) is 12.0 Å². The number of carbonyl (C=O) groups is 2. The second-order valence-corrected chi connectivity index (χ2v) is 8.68. The van der Waals surface area contributed by atoms with Crippen molar-refractivity contribution in [2.24, 2.45) is 0 Å². The highest BCUT2D eigenvalue weighted by atomic mass is 32.2. The number of ether oxygens (including phenoxy) is 4. The van der Waals surface area contributed by atoms with E-state index in [1.807, 2.05) is 0 Å². The number of hydrogen-bond acceptors (Lipinski definition) is 8. The maximum absolute atomic E-state index is 12.9. The van der Waals surface area contributed by atoms with Gasteiger partial charge < -0.3 is 24.3 Å². The Hall–Kier alpha value is -3.15. The Kier molecular flexibility index (Phi) is 7.67. The number of benzene rings is 2. The molecule has 10 nitrogen and oxygen atoms in total. The van der Waals surface area contributed by atoms with Crippen molar-refractivity contribution in [1.29, 1.82) is 0 Å². The van der Waals surface area contributed by atoms with E-state index in [1.165, 1.54) is 54.9 Å². The summed E-state index contributed by atoms with van der Waals surface area (Å²) in [6.45, 7) is 0.796. The topological polar surface area (TPSA) is 120 Å². The van der Waals surface area contributed by atoms with Gasteiger partial charge in [-0.05, 0) is 36.4 Å². The number of methoxy groups -OCH3 is 2. The quantitative estimate of drug-likeness (QED) is 0.555. The predicted molar refractivity (Wildman–Crippen MR) is 115 cm³/mol. The molecule has 172 valence electrons. The first-order chi connectivity index (χ1) is 15.4. The molecule has 3 rings (SSSR count). The number of carbonyl (C=O) groups excluding carboxylic acids is 2. The number of sulfonamides is 1. The number of anilines is 1. The van der Waals surface area contributed by atoms with Crippen molar-refractivity contribution in [2.75, 3.05) is 52.4 Å². The zero-order valence-electron chi connectivity index (χ0n) is 17.7. The van der Waals surface area contributed by atoms with Crippen molar-refractivity contribution in [3.05, 3.63) is 42.0 Å². The van der Waals surface area contributed by atoms with Gasteiger partial charge >= 0.3 is 0 Å². The van der Waals surface area contributed by atoms with E-state index in [1.54, 1.807) is 0 Å². The number of morpholine rings is 1. The maximum atomic E-state index is 12.9. The summed E-state index contributed by atoms with van der Waals surface area (Å²) in [6.07, 6.45) is 0.670. The zero-order chi connectivity index (χ0) is 23.1. The highest BCUT2D eigenvalue weighted by Crippen LogP contribution is 2.30. The fourth-order valence-electron chi connectivity index (χ4n) is 3.09. The molecule has 0 spiro atoms. The van der Waals surface area contributed by atoms with Crippen molar-refractivity contribution in [3.8, 4) is 17.2 Å². The summed E-state index contributed by atoms with van der Waals surface area (Å²) >= 11 is 0. The zero-order valence-corrected chi connectivity index (χ0v) is 18.5. The van der Waals surface area contributed by atoms with Crippen molar-refractivity contribution in [1.82, 2.24) is 4.31 Å². The van der Waals surface area contributed by atoms with Crippen LogP contribution in [0.1, 0.15) is 10.4 Å². The molecule has 0 aromatic heterocycles. The summed E-state index contributed by atoms with van der Waals surface area (Å²) in [5, 5.41) is 2.61. The molecule has 0 aliphatic carbocycles. The third-order valence-electron chi connectivity index (χ3n) is 4.74. The molecule has 1 aliphatic rings. The van der Waals surface area contributed by atoms with E-state index in [0.29, 0.717) is 36.6 Å². The Bertz CT molecular complexity index is 1080. The van der Waals surface area contributed by atoms with E-state index < -0.39 is 15.9 Å². The third kappa shape index (κ3) is 5.36. The lowest BCUT2D eigenvalue weighted by Crippen LogP contribution is -2.40. The largest absolute Gasteiger partial charge is 0.495 e. The maximum Gasteiger partial charge on any atom is 0.262 e. The second kappa shape index (κ2) is 10.4. The summed E-state index contributed by atoms with van der Waals surface area (Å²) in [5.74, 6) is 0.348. The molecule has 0 radical (unpaired) electrons. The number of nitrogens with one attached hydrogen (secondary N) is 1. The third-order valence-corrected chi connectivity index (χ3v) is 6.63. The number of rotatable bonds is 9. The average molecular weight is 464 g/mol. The van der Waals surface area contributed by atoms with Crippen LogP contribution in [0.2, 0.25) is 0 Å². The van der Waals surface area contributed by atoms with Crippen molar-refractivity contribution in [3.63, 3.8) is 0 Å². The minimum absolute atomic E-state index is 0.0301. The molecule has 0 saturated carbocycles. The summed E-state index contributed by atoms with van der Waals surface area (Å²) in [5.41, 5.74) is 0.598. The van der Waals surface area contributed by atoms with Gasteiger partial charge in [-0.15, -0.1) is 0 Å². The van der Waals surface area contributed by atoms with Crippen LogP contribution in [0.5, 0.6) is 17.2 Å². The standard InChI is InChI=1S/C21H24N2O8S/c1-28-18-6-4-16(32(26,27)23-7-9-30-10-8-23)12-17(18)22-21(25)14-31-19-5-3-15(13-24)11-20(19)29-2/h3-6,11-13H,7-10,14H2,1-2H3,(H,22,25). The van der Waals surface area contributed by atoms with Crippen LogP contribution in [0.4, 0.5) is 5.69 Å². The van der Waals surface area contributed by atoms with Gasteiger partial charge in [0.05, 0.1) is 38.0 Å². The van der Waals surface area contributed by atoms with Crippen LogP contribution in [0.15, 0.2) is 41.3 Å². The summed E-state index contributed by atoms with van der Waals surface area (Å²) in [6, 6.07) is 8.79. The van der Waals surface area contributed by atoms with Crippen LogP contribution in [-0.2, 0) is 19.6 Å². The summed E-state index contributed by atoms with van der Waals surface area (Å²) < 4.78 is 48.3. The van der Waals surface area contributed by atoms with Gasteiger partial charge in [-0.25, -0.2) is 8.42 Å². The van der Waals surface area contributed by atoms with E-state index in [9.17, 15) is 18.0 Å². The van der Waals surface area contributed by atoms with Crippen LogP contribution >= 0.6 is 0 Å². The minimum atomic E-state index is -3.75. The lowest BCUT2D eigenvalue weighted by Gasteiger charge is -2.26. The normalized spacial score (nSPS) is 14.4. The van der Waals surface area contributed by atoms with Gasteiger partial charge in [-0.1, -0.05) is 0 Å². The van der Waals surface area contributed by atoms with E-state index in [4.69, 9.17) is 18.9 Å². The van der Waals surface area contributed by atoms with Crippen LogP contribution in [0.25, 0.3) is 0 Å². The molecule has 1 fully saturated rings. The molecule has 2 aromatic carbocycles. The highest BCUT2D eigenvalue weighted by molar-refractivity contribution is 7.89. The molecule has 1 heterocycles. The first-order valence-electron chi connectivity index (χ1n) is 9.71. The number of aldehydes is 1. The molecule has 0 atom stereocenters. The van der Waals surface area contributed by atoms with Crippen molar-refractivity contribution >= 4 is 27.9 Å². The first kappa shape index (κ1) is 23.5. The van der Waals surface area contributed by atoms with Gasteiger partial charge in [-0.2, -0.15) is 4.31 Å². The minimum Gasteiger partial charge on any atom is -0.495 e. The fraction of sp³-hybridized carbons (Fsp3) is 0.333. The number of hydrogen-bond donors (Lipinski definition) is 1. The molecular formula is C21H24N2O8S. The Labute approximate surface area is 186 Å². The van der Waals surface area contributed by atoms with Crippen LogP contribution in [-0.4, -0.2) is 72.0 Å². The number of amides is 1. The molecule has 0 bridgehead atoms. The van der Waals surface area contributed by atoms with E-state index in [2.05, 4.69) is 5.32 Å². The molecule has 32 heavy (non-hydrogen) atoms. The van der Waals surface area contributed by atoms with Gasteiger partial charge in [0.15, 0.2) is 18.1 Å². The average Bonchev–Trinajstić information content (AvgIpc) is 2.83. The van der Waals surface area contributed by atoms with Crippen LogP contribution < -0.4 is 19.5 Å². The monoisotopic (exact) mass is 464 g/mol. The smallest absolute Gasteiger partial charge is 0.262 e. The molecule has 1 saturated heterocycles. The molecule has 1 amide bonds. The molecule has 2 aromatic rings. The molecule has 11 heteroatoms. The lowest BCUT2D eigenvalue weighted by molar-refractivity contribution is -0.118. The van der Waals surface area contributed by atoms with E-state index in [0.717, 1.165) is 0 Å². The van der Waals surface area contributed by atoms with Crippen molar-refractivity contribution < 1.29 is 37.0 Å². The molecule has 1 aliphatic heterocycles. The molecule has 0 unspecified atom stereocenters. The first-order valence-corrected chi connectivity index (χ1v) is 11.1. The van der Waals surface area contributed by atoms with E-state index >= 15 is 0 Å². The van der Waals surface area contributed by atoms with Gasteiger partial charge in [-0.3, -0.25) is 9.59 Å². The summed E-state index contributed by atoms with van der Waals surface area (Å²) in [4.78, 5) is 23.4. The SMILES string of the molecule is COc1ccc(S(=O)(=O)N2CCOCC2)cc1NC(=O)COc1ccc(C=O)cc1OC. The Morgan fingerprint density at radius 1 is 1.06 bits per heavy atom. The summed E-state index contributed by atoms with van der Waals surface area (Å²) in [7, 11) is -0.913. The predicted octanol–water partition coefficient (Wildman–Crippen LogP) is 1.55. The Morgan fingerprint density at radius 2 is 1.75 bits per heavy atom. The van der Waals surface area contributed by atoms with Crippen LogP contribution in [0.3, 0.4) is 0 Å². The number of nitrogens with zero attached hydrogens (tertiary/aromatic N) is 1. The van der Waals surface area contributed by atoms with Crippen LogP contribution in [0, 0.1) is 0 Å².